The molecule has 0 aliphatic rings. The van der Waals surface area contributed by atoms with E-state index in [2.05, 4.69) is 60.7 Å². The fraction of sp³-hybridized carbons (Fsp3) is 0. The Bertz CT molecular complexity index is 869. The Hall–Kier alpha value is -2.21. The van der Waals surface area contributed by atoms with Crippen LogP contribution in [0.1, 0.15) is 0 Å². The Labute approximate surface area is 132 Å². The molecule has 1 aromatic heterocycles. The Morgan fingerprint density at radius 1 is 0.818 bits per heavy atom. The van der Waals surface area contributed by atoms with Crippen molar-refractivity contribution in [3.05, 3.63) is 66.7 Å². The van der Waals surface area contributed by atoms with Crippen LogP contribution >= 0.6 is 11.3 Å². The molecule has 4 rings (SSSR count). The summed E-state index contributed by atoms with van der Waals surface area (Å²) in [5.41, 5.74) is 2.30. The van der Waals surface area contributed by atoms with E-state index in [-0.39, 0.29) is 7.69 Å². The fourth-order valence-electron chi connectivity index (χ4n) is 2.40. The minimum absolute atomic E-state index is 0. The third kappa shape index (κ3) is 2.87. The van der Waals surface area contributed by atoms with Crippen LogP contribution in [0.2, 0.25) is 0 Å². The summed E-state index contributed by atoms with van der Waals surface area (Å²) < 4.78 is 1.24. The van der Waals surface area contributed by atoms with Crippen LogP contribution in [-0.2, 0) is 0 Å². The summed E-state index contributed by atoms with van der Waals surface area (Å²) in [6.45, 7) is 0. The van der Waals surface area contributed by atoms with E-state index in [1.165, 1.54) is 21.0 Å². The first kappa shape index (κ1) is 14.7. The van der Waals surface area contributed by atoms with Crippen molar-refractivity contribution in [1.82, 2.24) is 4.98 Å². The van der Waals surface area contributed by atoms with Gasteiger partial charge >= 0.3 is 7.69 Å². The van der Waals surface area contributed by atoms with Gasteiger partial charge in [0.2, 0.25) is 0 Å². The van der Waals surface area contributed by atoms with Gasteiger partial charge in [-0.1, -0.05) is 54.6 Å². The second-order valence-corrected chi connectivity index (χ2v) is 5.66. The second kappa shape index (κ2) is 6.70. The van der Waals surface area contributed by atoms with Crippen molar-refractivity contribution in [2.45, 2.75) is 0 Å². The molecule has 0 saturated carbocycles. The first-order chi connectivity index (χ1) is 10.8. The highest BCUT2D eigenvalue weighted by molar-refractivity contribution is 7.21. The molecule has 0 fully saturated rings. The van der Waals surface area contributed by atoms with Gasteiger partial charge in [-0.05, 0) is 22.9 Å². The molecular weight excluding hydrogens is 293 g/mol. The molecule has 0 atom stereocenters. The molecule has 4 aromatic rings. The molecule has 3 nitrogen and oxygen atoms in total. The zero-order valence-corrected chi connectivity index (χ0v) is 12.5. The lowest BCUT2D eigenvalue weighted by molar-refractivity contribution is 0.448. The first-order valence-corrected chi connectivity index (χ1v) is 7.59. The van der Waals surface area contributed by atoms with E-state index in [9.17, 15) is 0 Å². The molecular formula is C17H13BNO2S. The van der Waals surface area contributed by atoms with Crippen LogP contribution in [-0.4, -0.2) is 22.7 Å². The zero-order chi connectivity index (χ0) is 15.4. The topological polar surface area (TPSA) is 53.4 Å². The van der Waals surface area contributed by atoms with Gasteiger partial charge in [-0.3, -0.25) is 0 Å². The maximum Gasteiger partial charge on any atom is 0.482 e. The van der Waals surface area contributed by atoms with E-state index in [0.29, 0.717) is 0 Å². The average Bonchev–Trinajstić information content (AvgIpc) is 2.99. The molecule has 2 N–H and O–H groups in total. The molecule has 5 heteroatoms. The smallest absolute Gasteiger partial charge is 0.429 e. The van der Waals surface area contributed by atoms with Crippen molar-refractivity contribution in [1.29, 1.82) is 0 Å². The summed E-state index contributed by atoms with van der Waals surface area (Å²) in [7, 11) is 0. The van der Waals surface area contributed by atoms with E-state index in [4.69, 9.17) is 15.0 Å². The van der Waals surface area contributed by atoms with Gasteiger partial charge in [0.15, 0.2) is 0 Å². The standard InChI is InChI=1S/C17H11NS.BH2O2/c1-2-8-13-12(6-1)7-5-9-14(13)17-18-15-10-3-4-11-16(15)19-17;2-1-3/h1-11H;2-3H. The van der Waals surface area contributed by atoms with Gasteiger partial charge in [-0.2, -0.15) is 0 Å². The van der Waals surface area contributed by atoms with Crippen molar-refractivity contribution >= 4 is 40.0 Å². The molecule has 0 amide bonds. The van der Waals surface area contributed by atoms with Crippen molar-refractivity contribution in [2.75, 3.05) is 0 Å². The summed E-state index contributed by atoms with van der Waals surface area (Å²) >= 11 is 1.75. The second-order valence-electron chi connectivity index (χ2n) is 4.63. The number of thiazole rings is 1. The number of nitrogens with zero attached hydrogens (tertiary/aromatic N) is 1. The van der Waals surface area contributed by atoms with E-state index in [0.717, 1.165) is 10.5 Å². The molecule has 0 aliphatic heterocycles. The summed E-state index contributed by atoms with van der Waals surface area (Å²) in [5, 5.41) is 17.6. The van der Waals surface area contributed by atoms with Crippen LogP contribution in [0.5, 0.6) is 0 Å². The minimum Gasteiger partial charge on any atom is -0.429 e. The van der Waals surface area contributed by atoms with Gasteiger partial charge in [0.1, 0.15) is 5.01 Å². The average molecular weight is 306 g/mol. The van der Waals surface area contributed by atoms with Crippen LogP contribution in [0.25, 0.3) is 31.6 Å². The highest BCUT2D eigenvalue weighted by atomic mass is 32.1. The molecule has 22 heavy (non-hydrogen) atoms. The number of hydrogen-bond acceptors (Lipinski definition) is 4. The molecule has 0 spiro atoms. The van der Waals surface area contributed by atoms with Crippen LogP contribution in [0.15, 0.2) is 66.7 Å². The SMILES string of the molecule is O[B]O.c1ccc2c(-c3nc4ccccc4s3)cccc2c1. The van der Waals surface area contributed by atoms with Gasteiger partial charge in [-0.25, -0.2) is 4.98 Å². The van der Waals surface area contributed by atoms with Gasteiger partial charge in [0.25, 0.3) is 0 Å². The third-order valence-electron chi connectivity index (χ3n) is 3.31. The molecule has 107 valence electrons. The maximum absolute atomic E-state index is 7.00. The first-order valence-electron chi connectivity index (χ1n) is 6.77. The van der Waals surface area contributed by atoms with Crippen LogP contribution in [0.4, 0.5) is 0 Å². The molecule has 0 bridgehead atoms. The molecule has 0 saturated heterocycles. The molecule has 1 radical (unpaired) electrons. The third-order valence-corrected chi connectivity index (χ3v) is 4.38. The largest absolute Gasteiger partial charge is 0.482 e. The maximum atomic E-state index is 7.00. The summed E-state index contributed by atoms with van der Waals surface area (Å²) in [6.07, 6.45) is 0. The highest BCUT2D eigenvalue weighted by Gasteiger charge is 2.08. The predicted molar refractivity (Wildman–Crippen MR) is 92.8 cm³/mol. The Morgan fingerprint density at radius 3 is 2.32 bits per heavy atom. The number of aromatic nitrogens is 1. The Kier molecular flexibility index (Phi) is 4.49. The van der Waals surface area contributed by atoms with Gasteiger partial charge in [-0.15, -0.1) is 11.3 Å². The normalized spacial score (nSPS) is 10.3. The minimum atomic E-state index is 0. The van der Waals surface area contributed by atoms with E-state index < -0.39 is 0 Å². The molecule has 0 unspecified atom stereocenters. The number of benzene rings is 3. The Balaban J connectivity index is 0.000000446. The quantitative estimate of drug-likeness (QED) is 0.528. The number of hydrogen-bond donors (Lipinski definition) is 2. The summed E-state index contributed by atoms with van der Waals surface area (Å²) in [5.74, 6) is 0. The molecule has 1 heterocycles. The fourth-order valence-corrected chi connectivity index (χ4v) is 3.40. The van der Waals surface area contributed by atoms with E-state index >= 15 is 0 Å². The van der Waals surface area contributed by atoms with E-state index in [1.807, 2.05) is 6.07 Å². The lowest BCUT2D eigenvalue weighted by Crippen LogP contribution is -1.79. The van der Waals surface area contributed by atoms with Crippen LogP contribution in [0.3, 0.4) is 0 Å². The van der Waals surface area contributed by atoms with Gasteiger partial charge in [0, 0.05) is 5.56 Å². The van der Waals surface area contributed by atoms with Gasteiger partial charge < -0.3 is 10.0 Å². The Morgan fingerprint density at radius 2 is 1.50 bits per heavy atom. The molecule has 0 aliphatic carbocycles. The predicted octanol–water partition coefficient (Wildman–Crippen LogP) is 3.62. The van der Waals surface area contributed by atoms with Crippen LogP contribution in [0, 0.1) is 0 Å². The van der Waals surface area contributed by atoms with Crippen molar-refractivity contribution < 1.29 is 10.0 Å². The van der Waals surface area contributed by atoms with Crippen molar-refractivity contribution in [3.63, 3.8) is 0 Å². The number of para-hydroxylation sites is 1. The highest BCUT2D eigenvalue weighted by Crippen LogP contribution is 2.34. The van der Waals surface area contributed by atoms with Crippen molar-refractivity contribution in [3.8, 4) is 10.6 Å². The lowest BCUT2D eigenvalue weighted by atomic mass is 10.1. The number of rotatable bonds is 1. The monoisotopic (exact) mass is 306 g/mol. The summed E-state index contributed by atoms with van der Waals surface area (Å²) in [6, 6.07) is 23.2. The van der Waals surface area contributed by atoms with E-state index in [1.54, 1.807) is 11.3 Å². The van der Waals surface area contributed by atoms with Gasteiger partial charge in [0.05, 0.1) is 10.2 Å². The summed E-state index contributed by atoms with van der Waals surface area (Å²) in [4.78, 5) is 4.75. The zero-order valence-electron chi connectivity index (χ0n) is 11.7. The van der Waals surface area contributed by atoms with Crippen molar-refractivity contribution in [2.24, 2.45) is 0 Å². The molecule has 3 aromatic carbocycles. The lowest BCUT2D eigenvalue weighted by Gasteiger charge is -2.02. The number of fused-ring (bicyclic) bond motifs is 2. The van der Waals surface area contributed by atoms with Crippen LogP contribution < -0.4 is 0 Å².